The predicted octanol–water partition coefficient (Wildman–Crippen LogP) is 4.38. The van der Waals surface area contributed by atoms with E-state index in [0.717, 1.165) is 0 Å². The van der Waals surface area contributed by atoms with Gasteiger partial charge in [-0.1, -0.05) is 43.1 Å². The van der Waals surface area contributed by atoms with E-state index in [1.54, 1.807) is 39.0 Å². The Bertz CT molecular complexity index is 595. The van der Waals surface area contributed by atoms with Gasteiger partial charge in [-0.15, -0.1) is 0 Å². The molecule has 1 rings (SSSR count). The van der Waals surface area contributed by atoms with Gasteiger partial charge in [-0.3, -0.25) is 15.6 Å². The Morgan fingerprint density at radius 2 is 1.72 bits per heavy atom. The van der Waals surface area contributed by atoms with E-state index in [0.29, 0.717) is 22.2 Å². The van der Waals surface area contributed by atoms with Crippen LogP contribution in [-0.2, 0) is 9.53 Å². The van der Waals surface area contributed by atoms with Crippen molar-refractivity contribution in [2.24, 2.45) is 5.92 Å². The highest BCUT2D eigenvalue weighted by Crippen LogP contribution is 2.29. The lowest BCUT2D eigenvalue weighted by Gasteiger charge is -2.24. The molecule has 0 saturated heterocycles. The highest BCUT2D eigenvalue weighted by atomic mass is 35.5. The number of hydrogen-bond acceptors (Lipinski definition) is 4. The molecular formula is C17H25Cl2N3O3. The lowest BCUT2D eigenvalue weighted by atomic mass is 10.0. The van der Waals surface area contributed by atoms with Crippen LogP contribution in [0.3, 0.4) is 0 Å². The number of alkyl carbamates (subject to hydrolysis) is 1. The molecule has 25 heavy (non-hydrogen) atoms. The third-order valence-corrected chi connectivity index (χ3v) is 3.62. The number of nitrogens with one attached hydrogen (secondary N) is 3. The number of ether oxygens (including phenoxy) is 1. The van der Waals surface area contributed by atoms with Crippen LogP contribution in [-0.4, -0.2) is 23.6 Å². The van der Waals surface area contributed by atoms with Crippen molar-refractivity contribution in [1.82, 2.24) is 10.7 Å². The first-order chi connectivity index (χ1) is 11.5. The molecule has 0 radical (unpaired) electrons. The smallest absolute Gasteiger partial charge is 0.408 e. The quantitative estimate of drug-likeness (QED) is 0.630. The van der Waals surface area contributed by atoms with Gasteiger partial charge in [-0.2, -0.15) is 0 Å². The van der Waals surface area contributed by atoms with Crippen LogP contribution in [0, 0.1) is 5.92 Å². The van der Waals surface area contributed by atoms with E-state index >= 15 is 0 Å². The second kappa shape index (κ2) is 9.15. The number of hydrogen-bond donors (Lipinski definition) is 3. The van der Waals surface area contributed by atoms with Gasteiger partial charge >= 0.3 is 6.09 Å². The molecule has 0 aromatic heterocycles. The van der Waals surface area contributed by atoms with Crippen LogP contribution in [0.15, 0.2) is 18.2 Å². The van der Waals surface area contributed by atoms with Crippen LogP contribution in [0.25, 0.3) is 0 Å². The third-order valence-electron chi connectivity index (χ3n) is 2.99. The first-order valence-corrected chi connectivity index (χ1v) is 8.74. The zero-order valence-electron chi connectivity index (χ0n) is 15.1. The minimum absolute atomic E-state index is 0.189. The van der Waals surface area contributed by atoms with Crippen molar-refractivity contribution in [2.45, 2.75) is 52.7 Å². The summed E-state index contributed by atoms with van der Waals surface area (Å²) < 4.78 is 5.21. The summed E-state index contributed by atoms with van der Waals surface area (Å²) in [5.41, 5.74) is 4.97. The van der Waals surface area contributed by atoms with Gasteiger partial charge in [0.25, 0.3) is 5.91 Å². The highest BCUT2D eigenvalue weighted by Gasteiger charge is 2.25. The molecule has 0 saturated carbocycles. The molecule has 0 spiro atoms. The minimum Gasteiger partial charge on any atom is -0.444 e. The van der Waals surface area contributed by atoms with Gasteiger partial charge in [-0.25, -0.2) is 4.79 Å². The summed E-state index contributed by atoms with van der Waals surface area (Å²) in [6.07, 6.45) is -0.202. The Morgan fingerprint density at radius 3 is 2.20 bits per heavy atom. The zero-order valence-corrected chi connectivity index (χ0v) is 16.6. The summed E-state index contributed by atoms with van der Waals surface area (Å²) >= 11 is 12.1. The Balaban J connectivity index is 2.75. The molecule has 8 heteroatoms. The standard InChI is InChI=1S/C17H25Cl2N3O3/c1-10(2)9-13(20-16(24)25-17(3,4)5)15(23)22-21-14-11(18)7-6-8-12(14)19/h6-8,10,13,21H,9H2,1-5H3,(H,20,24)(H,22,23). The van der Waals surface area contributed by atoms with Crippen LogP contribution in [0.4, 0.5) is 10.5 Å². The Morgan fingerprint density at radius 1 is 1.16 bits per heavy atom. The largest absolute Gasteiger partial charge is 0.444 e. The SMILES string of the molecule is CC(C)CC(NC(=O)OC(C)(C)C)C(=O)NNc1c(Cl)cccc1Cl. The van der Waals surface area contributed by atoms with Crippen LogP contribution >= 0.6 is 23.2 Å². The molecular weight excluding hydrogens is 365 g/mol. The van der Waals surface area contributed by atoms with Crippen LogP contribution in [0.1, 0.15) is 41.0 Å². The molecule has 0 aliphatic rings. The number of carbonyl (C=O) groups excluding carboxylic acids is 2. The summed E-state index contributed by atoms with van der Waals surface area (Å²) in [5, 5.41) is 3.33. The minimum atomic E-state index is -0.761. The van der Waals surface area contributed by atoms with Crippen molar-refractivity contribution in [3.63, 3.8) is 0 Å². The molecule has 0 heterocycles. The van der Waals surface area contributed by atoms with Crippen LogP contribution in [0.2, 0.25) is 10.0 Å². The molecule has 0 aliphatic carbocycles. The fraction of sp³-hybridized carbons (Fsp3) is 0.529. The average Bonchev–Trinajstić information content (AvgIpc) is 2.43. The molecule has 1 aromatic rings. The number of benzene rings is 1. The van der Waals surface area contributed by atoms with E-state index < -0.39 is 23.6 Å². The molecule has 0 aliphatic heterocycles. The predicted molar refractivity (Wildman–Crippen MR) is 101 cm³/mol. The second-order valence-corrected chi connectivity index (χ2v) is 7.85. The topological polar surface area (TPSA) is 79.5 Å². The highest BCUT2D eigenvalue weighted by molar-refractivity contribution is 6.39. The zero-order chi connectivity index (χ0) is 19.2. The fourth-order valence-corrected chi connectivity index (χ4v) is 2.47. The molecule has 6 nitrogen and oxygen atoms in total. The number of amides is 2. The Labute approximate surface area is 158 Å². The van der Waals surface area contributed by atoms with Crippen LogP contribution < -0.4 is 16.2 Å². The number of para-hydroxylation sites is 1. The summed E-state index contributed by atoms with van der Waals surface area (Å²) in [5.74, 6) is -0.231. The summed E-state index contributed by atoms with van der Waals surface area (Å²) in [4.78, 5) is 24.4. The van der Waals surface area contributed by atoms with Gasteiger partial charge in [0.2, 0.25) is 0 Å². The van der Waals surface area contributed by atoms with Gasteiger partial charge in [0.1, 0.15) is 11.6 Å². The van der Waals surface area contributed by atoms with Crippen molar-refractivity contribution < 1.29 is 14.3 Å². The Hall–Kier alpha value is -1.66. The van der Waals surface area contributed by atoms with Gasteiger partial charge in [-0.05, 0) is 45.2 Å². The van der Waals surface area contributed by atoms with Gasteiger partial charge < -0.3 is 10.1 Å². The van der Waals surface area contributed by atoms with E-state index in [1.165, 1.54) is 0 Å². The van der Waals surface area contributed by atoms with Crippen molar-refractivity contribution in [3.05, 3.63) is 28.2 Å². The molecule has 2 amide bonds. The van der Waals surface area contributed by atoms with E-state index in [9.17, 15) is 9.59 Å². The first-order valence-electron chi connectivity index (χ1n) is 7.99. The number of hydrazine groups is 1. The van der Waals surface area contributed by atoms with E-state index in [-0.39, 0.29) is 5.92 Å². The number of anilines is 1. The Kier molecular flexibility index (Phi) is 7.83. The fourth-order valence-electron chi connectivity index (χ4n) is 1.98. The van der Waals surface area contributed by atoms with Gasteiger partial charge in [0.05, 0.1) is 15.7 Å². The third kappa shape index (κ3) is 7.84. The lowest BCUT2D eigenvalue weighted by Crippen LogP contribution is -2.50. The maximum absolute atomic E-state index is 12.4. The summed E-state index contributed by atoms with van der Waals surface area (Å²) in [6, 6.07) is 4.23. The maximum atomic E-state index is 12.4. The monoisotopic (exact) mass is 389 g/mol. The van der Waals surface area contributed by atoms with E-state index in [4.69, 9.17) is 27.9 Å². The normalized spacial score (nSPS) is 12.5. The molecule has 3 N–H and O–H groups in total. The molecule has 1 atom stereocenters. The van der Waals surface area contributed by atoms with Gasteiger partial charge in [0, 0.05) is 0 Å². The lowest BCUT2D eigenvalue weighted by molar-refractivity contribution is -0.123. The first kappa shape index (κ1) is 21.4. The van der Waals surface area contributed by atoms with Gasteiger partial charge in [0.15, 0.2) is 0 Å². The molecule has 0 fully saturated rings. The van der Waals surface area contributed by atoms with Crippen molar-refractivity contribution in [1.29, 1.82) is 0 Å². The maximum Gasteiger partial charge on any atom is 0.408 e. The molecule has 140 valence electrons. The van der Waals surface area contributed by atoms with Crippen molar-refractivity contribution in [3.8, 4) is 0 Å². The number of rotatable bonds is 6. The number of carbonyl (C=O) groups is 2. The van der Waals surface area contributed by atoms with Crippen molar-refractivity contribution >= 4 is 40.9 Å². The van der Waals surface area contributed by atoms with E-state index in [1.807, 2.05) is 13.8 Å². The second-order valence-electron chi connectivity index (χ2n) is 7.04. The van der Waals surface area contributed by atoms with Crippen LogP contribution in [0.5, 0.6) is 0 Å². The average molecular weight is 390 g/mol. The van der Waals surface area contributed by atoms with Crippen molar-refractivity contribution in [2.75, 3.05) is 5.43 Å². The summed E-state index contributed by atoms with van der Waals surface area (Å²) in [7, 11) is 0. The molecule has 1 unspecified atom stereocenters. The summed E-state index contributed by atoms with van der Waals surface area (Å²) in [6.45, 7) is 9.17. The number of halogens is 2. The molecule has 1 aromatic carbocycles. The van der Waals surface area contributed by atoms with E-state index in [2.05, 4.69) is 16.2 Å². The molecule has 0 bridgehead atoms.